The fraction of sp³-hybridized carbons (Fsp3) is 0.467. The SMILES string of the molecule is CC(=O)c1cnc(C)cc1C(=O)N1[C@@H](C(=O)O)C[C@H]2C[C@H]21. The molecule has 1 saturated heterocycles. The molecule has 6 heteroatoms. The van der Waals surface area contributed by atoms with Crippen molar-refractivity contribution in [2.75, 3.05) is 0 Å². The van der Waals surface area contributed by atoms with Crippen molar-refractivity contribution in [3.63, 3.8) is 0 Å². The summed E-state index contributed by atoms with van der Waals surface area (Å²) in [7, 11) is 0. The number of pyridine rings is 1. The van der Waals surface area contributed by atoms with Gasteiger partial charge in [-0.25, -0.2) is 4.79 Å². The molecular formula is C15H16N2O4. The van der Waals surface area contributed by atoms with E-state index >= 15 is 0 Å². The third kappa shape index (κ3) is 2.20. The van der Waals surface area contributed by atoms with Gasteiger partial charge < -0.3 is 10.0 Å². The minimum Gasteiger partial charge on any atom is -0.480 e. The number of carboxylic acids is 1. The molecule has 0 aromatic carbocycles. The highest BCUT2D eigenvalue weighted by Crippen LogP contribution is 2.48. The quantitative estimate of drug-likeness (QED) is 0.846. The first-order valence-corrected chi connectivity index (χ1v) is 6.93. The van der Waals surface area contributed by atoms with Crippen LogP contribution in [0.3, 0.4) is 0 Å². The summed E-state index contributed by atoms with van der Waals surface area (Å²) in [6.45, 7) is 3.11. The largest absolute Gasteiger partial charge is 0.480 e. The van der Waals surface area contributed by atoms with Gasteiger partial charge in [-0.15, -0.1) is 0 Å². The normalized spacial score (nSPS) is 26.4. The molecule has 2 aliphatic rings. The van der Waals surface area contributed by atoms with Crippen LogP contribution in [-0.2, 0) is 4.79 Å². The Kier molecular flexibility index (Phi) is 3.04. The number of Topliss-reactive ketones (excluding diaryl/α,β-unsaturated/α-hetero) is 1. The number of piperidine rings is 1. The molecule has 1 saturated carbocycles. The van der Waals surface area contributed by atoms with E-state index in [1.165, 1.54) is 18.0 Å². The van der Waals surface area contributed by atoms with Crippen molar-refractivity contribution in [3.8, 4) is 0 Å². The molecule has 3 rings (SSSR count). The van der Waals surface area contributed by atoms with E-state index in [9.17, 15) is 19.5 Å². The average molecular weight is 288 g/mol. The first-order valence-electron chi connectivity index (χ1n) is 6.93. The van der Waals surface area contributed by atoms with Gasteiger partial charge in [0, 0.05) is 23.5 Å². The summed E-state index contributed by atoms with van der Waals surface area (Å²) < 4.78 is 0. The first-order chi connectivity index (χ1) is 9.90. The highest BCUT2D eigenvalue weighted by atomic mass is 16.4. The average Bonchev–Trinajstić information content (AvgIpc) is 3.08. The molecule has 0 radical (unpaired) electrons. The Morgan fingerprint density at radius 3 is 2.62 bits per heavy atom. The smallest absolute Gasteiger partial charge is 0.326 e. The number of aryl methyl sites for hydroxylation is 1. The van der Waals surface area contributed by atoms with E-state index in [1.807, 2.05) is 0 Å². The molecule has 21 heavy (non-hydrogen) atoms. The minimum absolute atomic E-state index is 0.00637. The van der Waals surface area contributed by atoms with Crippen molar-refractivity contribution < 1.29 is 19.5 Å². The second-order valence-electron chi connectivity index (χ2n) is 5.79. The molecule has 1 aliphatic carbocycles. The van der Waals surface area contributed by atoms with E-state index in [4.69, 9.17) is 0 Å². The first kappa shape index (κ1) is 13.7. The van der Waals surface area contributed by atoms with Crippen LogP contribution in [0, 0.1) is 12.8 Å². The molecule has 6 nitrogen and oxygen atoms in total. The maximum Gasteiger partial charge on any atom is 0.326 e. The Balaban J connectivity index is 2.00. The van der Waals surface area contributed by atoms with Gasteiger partial charge in [-0.1, -0.05) is 0 Å². The third-order valence-electron chi connectivity index (χ3n) is 4.27. The Hall–Kier alpha value is -2.24. The Bertz CT molecular complexity index is 655. The number of nitrogens with zero attached hydrogens (tertiary/aromatic N) is 2. The van der Waals surface area contributed by atoms with Crippen LogP contribution in [0.1, 0.15) is 46.2 Å². The molecule has 2 fully saturated rings. The third-order valence-corrected chi connectivity index (χ3v) is 4.27. The zero-order chi connectivity index (χ0) is 15.3. The summed E-state index contributed by atoms with van der Waals surface area (Å²) >= 11 is 0. The highest BCUT2D eigenvalue weighted by molar-refractivity contribution is 6.08. The van der Waals surface area contributed by atoms with E-state index in [2.05, 4.69) is 4.98 Å². The van der Waals surface area contributed by atoms with Crippen molar-refractivity contribution in [1.29, 1.82) is 0 Å². The summed E-state index contributed by atoms with van der Waals surface area (Å²) in [5.74, 6) is -1.31. The van der Waals surface area contributed by atoms with Gasteiger partial charge in [0.05, 0.1) is 5.56 Å². The number of hydrogen-bond donors (Lipinski definition) is 1. The van der Waals surface area contributed by atoms with Gasteiger partial charge in [-0.05, 0) is 38.7 Å². The van der Waals surface area contributed by atoms with Crippen molar-refractivity contribution in [3.05, 3.63) is 29.1 Å². The maximum atomic E-state index is 12.8. The second kappa shape index (κ2) is 4.65. The summed E-state index contributed by atoms with van der Waals surface area (Å²) in [6, 6.07) is 0.787. The summed E-state index contributed by atoms with van der Waals surface area (Å²) in [4.78, 5) is 41.2. The molecule has 1 aromatic rings. The number of rotatable bonds is 3. The Morgan fingerprint density at radius 1 is 1.29 bits per heavy atom. The van der Waals surface area contributed by atoms with Crippen LogP contribution in [0.5, 0.6) is 0 Å². The lowest BCUT2D eigenvalue weighted by Crippen LogP contribution is -2.43. The lowest BCUT2D eigenvalue weighted by molar-refractivity contribution is -0.141. The van der Waals surface area contributed by atoms with Gasteiger partial charge in [0.2, 0.25) is 0 Å². The molecule has 0 bridgehead atoms. The number of ketones is 1. The Labute approximate surface area is 121 Å². The van der Waals surface area contributed by atoms with Gasteiger partial charge in [0.25, 0.3) is 5.91 Å². The zero-order valence-electron chi connectivity index (χ0n) is 11.9. The van der Waals surface area contributed by atoms with Gasteiger partial charge in [-0.3, -0.25) is 14.6 Å². The number of likely N-dealkylation sites (tertiary alicyclic amines) is 1. The van der Waals surface area contributed by atoms with Crippen molar-refractivity contribution >= 4 is 17.7 Å². The van der Waals surface area contributed by atoms with Crippen LogP contribution in [-0.4, -0.2) is 44.7 Å². The van der Waals surface area contributed by atoms with Crippen LogP contribution >= 0.6 is 0 Å². The summed E-state index contributed by atoms with van der Waals surface area (Å²) in [5.41, 5.74) is 1.13. The number of hydrogen-bond acceptors (Lipinski definition) is 4. The predicted octanol–water partition coefficient (Wildman–Crippen LogP) is 1.28. The molecular weight excluding hydrogens is 272 g/mol. The molecule has 1 aliphatic heterocycles. The van der Waals surface area contributed by atoms with Crippen LogP contribution in [0.15, 0.2) is 12.3 Å². The Morgan fingerprint density at radius 2 is 2.00 bits per heavy atom. The summed E-state index contributed by atoms with van der Waals surface area (Å²) in [6.07, 6.45) is 2.75. The minimum atomic E-state index is -0.981. The van der Waals surface area contributed by atoms with Crippen LogP contribution in [0.25, 0.3) is 0 Å². The predicted molar refractivity (Wildman–Crippen MR) is 73.1 cm³/mol. The lowest BCUT2D eigenvalue weighted by atomic mass is 10.0. The van der Waals surface area contributed by atoms with Gasteiger partial charge >= 0.3 is 5.97 Å². The molecule has 2 heterocycles. The van der Waals surface area contributed by atoms with Gasteiger partial charge in [-0.2, -0.15) is 0 Å². The second-order valence-corrected chi connectivity index (χ2v) is 5.79. The number of fused-ring (bicyclic) bond motifs is 1. The van der Waals surface area contributed by atoms with E-state index in [1.54, 1.807) is 13.0 Å². The molecule has 110 valence electrons. The van der Waals surface area contributed by atoms with Gasteiger partial charge in [0.1, 0.15) is 6.04 Å². The number of carbonyl (C=O) groups excluding carboxylic acids is 2. The lowest BCUT2D eigenvalue weighted by Gasteiger charge is -2.25. The number of carbonyl (C=O) groups is 3. The molecule has 3 atom stereocenters. The fourth-order valence-corrected chi connectivity index (χ4v) is 3.13. The zero-order valence-corrected chi connectivity index (χ0v) is 11.9. The molecule has 1 N–H and O–H groups in total. The van der Waals surface area contributed by atoms with Gasteiger partial charge in [0.15, 0.2) is 5.78 Å². The molecule has 0 unspecified atom stereocenters. The number of aliphatic carboxylic acids is 1. The van der Waals surface area contributed by atoms with E-state index < -0.39 is 12.0 Å². The standard InChI is InChI=1S/C15H16N2O4/c1-7-3-10(11(6-16-7)8(2)18)14(19)17-12-4-9(12)5-13(17)15(20)21/h3,6,9,12-13H,4-5H2,1-2H3,(H,20,21)/t9-,12-,13-/m1/s1. The topological polar surface area (TPSA) is 87.6 Å². The molecule has 1 amide bonds. The van der Waals surface area contributed by atoms with Crippen molar-refractivity contribution in [2.45, 2.75) is 38.8 Å². The van der Waals surface area contributed by atoms with Crippen LogP contribution in [0.2, 0.25) is 0 Å². The fourth-order valence-electron chi connectivity index (χ4n) is 3.13. The molecule has 0 spiro atoms. The van der Waals surface area contributed by atoms with Crippen LogP contribution < -0.4 is 0 Å². The van der Waals surface area contributed by atoms with Crippen molar-refractivity contribution in [1.82, 2.24) is 9.88 Å². The van der Waals surface area contributed by atoms with E-state index in [0.717, 1.165) is 6.42 Å². The number of carboxylic acid groups (broad SMARTS) is 1. The van der Waals surface area contributed by atoms with Crippen LogP contribution in [0.4, 0.5) is 0 Å². The molecule has 1 aromatic heterocycles. The van der Waals surface area contributed by atoms with Crippen molar-refractivity contribution in [2.24, 2.45) is 5.92 Å². The van der Waals surface area contributed by atoms with E-state index in [0.29, 0.717) is 18.0 Å². The number of amides is 1. The summed E-state index contributed by atoms with van der Waals surface area (Å²) in [5, 5.41) is 9.28. The maximum absolute atomic E-state index is 12.8. The van der Waals surface area contributed by atoms with E-state index in [-0.39, 0.29) is 28.9 Å². The number of aromatic nitrogens is 1. The monoisotopic (exact) mass is 288 g/mol. The highest BCUT2D eigenvalue weighted by Gasteiger charge is 2.56.